The Kier molecular flexibility index (Phi) is 5.38. The van der Waals surface area contributed by atoms with Crippen molar-refractivity contribution < 1.29 is 14.1 Å². The molecule has 3 aromatic rings. The van der Waals surface area contributed by atoms with E-state index in [9.17, 15) is 9.18 Å². The second kappa shape index (κ2) is 7.92. The Hall–Kier alpha value is -2.02. The number of piperidine rings is 1. The molecule has 140 valence electrons. The molecule has 0 bridgehead atoms. The van der Waals surface area contributed by atoms with Gasteiger partial charge in [0.15, 0.2) is 11.6 Å². The first-order chi connectivity index (χ1) is 13.1. The maximum Gasteiger partial charge on any atom is 0.279 e. The highest BCUT2D eigenvalue weighted by Gasteiger charge is 2.32. The van der Waals surface area contributed by atoms with Crippen LogP contribution in [0.1, 0.15) is 30.3 Å². The first-order valence-electron chi connectivity index (χ1n) is 9.05. The van der Waals surface area contributed by atoms with Crippen LogP contribution in [0.3, 0.4) is 0 Å². The van der Waals surface area contributed by atoms with Gasteiger partial charge in [-0.25, -0.2) is 9.37 Å². The van der Waals surface area contributed by atoms with Gasteiger partial charge in [0.05, 0.1) is 27.5 Å². The van der Waals surface area contributed by atoms with Crippen molar-refractivity contribution >= 4 is 44.7 Å². The number of benzene rings is 2. The van der Waals surface area contributed by atoms with Gasteiger partial charge >= 0.3 is 0 Å². The van der Waals surface area contributed by atoms with Crippen LogP contribution in [0.2, 0.25) is 5.02 Å². The van der Waals surface area contributed by atoms with Gasteiger partial charge in [-0.15, -0.1) is 11.3 Å². The molecule has 0 saturated carbocycles. The summed E-state index contributed by atoms with van der Waals surface area (Å²) in [5, 5.41) is 4.11. The summed E-state index contributed by atoms with van der Waals surface area (Å²) in [5.41, 5.74) is 1.46. The molecule has 1 aliphatic rings. The number of carbonyl (C=O) groups is 1. The number of aromatic nitrogens is 1. The monoisotopic (exact) mass is 404 g/mol. The van der Waals surface area contributed by atoms with Gasteiger partial charge in [-0.3, -0.25) is 4.79 Å². The van der Waals surface area contributed by atoms with Gasteiger partial charge in [-0.1, -0.05) is 23.7 Å². The average Bonchev–Trinajstić information content (AvgIpc) is 3.08. The molecule has 0 radical (unpaired) electrons. The minimum absolute atomic E-state index is 0.119. The van der Waals surface area contributed by atoms with Crippen molar-refractivity contribution in [3.8, 4) is 0 Å². The molecule has 0 spiro atoms. The minimum atomic E-state index is -0.421. The van der Waals surface area contributed by atoms with E-state index in [1.807, 2.05) is 18.2 Å². The Morgan fingerprint density at radius 2 is 2.15 bits per heavy atom. The van der Waals surface area contributed by atoms with Gasteiger partial charge in [-0.2, -0.15) is 0 Å². The van der Waals surface area contributed by atoms with E-state index in [4.69, 9.17) is 16.6 Å². The number of carbonyl (C=O) groups excluding carboxylic acids is 1. The van der Waals surface area contributed by atoms with Crippen LogP contribution >= 0.6 is 22.9 Å². The molecule has 1 saturated heterocycles. The number of nitrogens with zero attached hydrogens (tertiary/aromatic N) is 1. The highest BCUT2D eigenvalue weighted by atomic mass is 35.5. The normalized spacial score (nSPS) is 19.9. The fraction of sp³-hybridized carbons (Fsp3) is 0.300. The van der Waals surface area contributed by atoms with Gasteiger partial charge in [0.25, 0.3) is 5.91 Å². The van der Waals surface area contributed by atoms with E-state index in [0.29, 0.717) is 12.2 Å². The predicted octanol–water partition coefficient (Wildman–Crippen LogP) is 3.84. The maximum atomic E-state index is 13.2. The SMILES string of the molecule is O=C(C[NH+]1CCCC[C@@H]1c1nc2ccccc2s1)Nc1ccc(F)cc1Cl. The van der Waals surface area contributed by atoms with Crippen LogP contribution in [0.25, 0.3) is 10.2 Å². The Labute approximate surface area is 166 Å². The van der Waals surface area contributed by atoms with Crippen molar-refractivity contribution in [2.75, 3.05) is 18.4 Å². The zero-order valence-electron chi connectivity index (χ0n) is 14.7. The lowest BCUT2D eigenvalue weighted by atomic mass is 10.0. The highest BCUT2D eigenvalue weighted by molar-refractivity contribution is 7.18. The van der Waals surface area contributed by atoms with E-state index < -0.39 is 5.82 Å². The topological polar surface area (TPSA) is 46.4 Å². The van der Waals surface area contributed by atoms with Gasteiger partial charge in [0, 0.05) is 6.42 Å². The number of nitrogens with one attached hydrogen (secondary N) is 2. The molecule has 1 amide bonds. The van der Waals surface area contributed by atoms with Gasteiger partial charge < -0.3 is 10.2 Å². The Morgan fingerprint density at radius 1 is 1.30 bits per heavy atom. The summed E-state index contributed by atoms with van der Waals surface area (Å²) in [6, 6.07) is 12.3. The zero-order chi connectivity index (χ0) is 18.8. The van der Waals surface area contributed by atoms with E-state index in [1.54, 1.807) is 11.3 Å². The summed E-state index contributed by atoms with van der Waals surface area (Å²) in [5.74, 6) is -0.540. The number of halogens is 2. The largest absolute Gasteiger partial charge is 0.320 e. The van der Waals surface area contributed by atoms with Crippen LogP contribution in [-0.4, -0.2) is 24.0 Å². The third kappa shape index (κ3) is 4.13. The standard InChI is InChI=1S/C20H19ClFN3OS/c21-14-11-13(22)8-9-15(14)23-19(26)12-25-10-4-3-6-17(25)20-24-16-5-1-2-7-18(16)27-20/h1-2,5,7-9,11,17H,3-4,6,10,12H2,(H,23,26)/p+1/t17-/m1/s1. The molecular formula is C20H20ClFN3OS+. The molecule has 2 N–H and O–H groups in total. The summed E-state index contributed by atoms with van der Waals surface area (Å²) >= 11 is 7.73. The molecule has 1 aliphatic heterocycles. The average molecular weight is 405 g/mol. The molecule has 2 atom stereocenters. The number of thiazole rings is 1. The molecule has 2 aromatic carbocycles. The van der Waals surface area contributed by atoms with Crippen molar-refractivity contribution in [1.82, 2.24) is 4.98 Å². The summed E-state index contributed by atoms with van der Waals surface area (Å²) in [6.07, 6.45) is 3.27. The maximum absolute atomic E-state index is 13.2. The fourth-order valence-electron chi connectivity index (χ4n) is 3.62. The lowest BCUT2D eigenvalue weighted by Gasteiger charge is -2.30. The summed E-state index contributed by atoms with van der Waals surface area (Å²) in [6.45, 7) is 1.28. The Balaban J connectivity index is 1.49. The number of hydrogen-bond donors (Lipinski definition) is 2. The molecular weight excluding hydrogens is 385 g/mol. The third-order valence-corrected chi connectivity index (χ3v) is 6.40. The Bertz CT molecular complexity index is 944. The van der Waals surface area contributed by atoms with Crippen molar-refractivity contribution in [2.24, 2.45) is 0 Å². The Morgan fingerprint density at radius 3 is 2.96 bits per heavy atom. The van der Waals surface area contributed by atoms with E-state index in [0.717, 1.165) is 36.3 Å². The minimum Gasteiger partial charge on any atom is -0.320 e. The van der Waals surface area contributed by atoms with E-state index >= 15 is 0 Å². The summed E-state index contributed by atoms with van der Waals surface area (Å²) in [7, 11) is 0. The molecule has 2 heterocycles. The molecule has 7 heteroatoms. The second-order valence-corrected chi connectivity index (χ2v) is 8.29. The number of amides is 1. The number of likely N-dealkylation sites (tertiary alicyclic amines) is 1. The molecule has 0 aliphatic carbocycles. The van der Waals surface area contributed by atoms with Crippen molar-refractivity contribution in [1.29, 1.82) is 0 Å². The number of para-hydroxylation sites is 1. The summed E-state index contributed by atoms with van der Waals surface area (Å²) < 4.78 is 14.4. The first kappa shape index (κ1) is 18.3. The van der Waals surface area contributed by atoms with Crippen LogP contribution in [0, 0.1) is 5.82 Å². The number of fused-ring (bicyclic) bond motifs is 1. The highest BCUT2D eigenvalue weighted by Crippen LogP contribution is 2.28. The second-order valence-electron chi connectivity index (χ2n) is 6.83. The van der Waals surface area contributed by atoms with Gasteiger partial charge in [0.2, 0.25) is 0 Å². The number of quaternary nitrogens is 1. The molecule has 4 nitrogen and oxygen atoms in total. The molecule has 1 fully saturated rings. The molecule has 1 unspecified atom stereocenters. The van der Waals surface area contributed by atoms with Gasteiger partial charge in [0.1, 0.15) is 11.9 Å². The molecule has 1 aromatic heterocycles. The zero-order valence-corrected chi connectivity index (χ0v) is 16.2. The number of rotatable bonds is 4. The number of hydrogen-bond acceptors (Lipinski definition) is 3. The van der Waals surface area contributed by atoms with E-state index in [2.05, 4.69) is 11.4 Å². The van der Waals surface area contributed by atoms with Crippen LogP contribution < -0.4 is 10.2 Å². The third-order valence-electron chi connectivity index (χ3n) is 4.93. The van der Waals surface area contributed by atoms with E-state index in [1.165, 1.54) is 27.8 Å². The lowest BCUT2D eigenvalue weighted by molar-refractivity contribution is -0.929. The van der Waals surface area contributed by atoms with Gasteiger partial charge in [-0.05, 0) is 43.2 Å². The summed E-state index contributed by atoms with van der Waals surface area (Å²) in [4.78, 5) is 18.6. The van der Waals surface area contributed by atoms with Crippen molar-refractivity contribution in [2.45, 2.75) is 25.3 Å². The molecule has 27 heavy (non-hydrogen) atoms. The lowest BCUT2D eigenvalue weighted by Crippen LogP contribution is -3.14. The predicted molar refractivity (Wildman–Crippen MR) is 107 cm³/mol. The van der Waals surface area contributed by atoms with Crippen LogP contribution in [0.4, 0.5) is 10.1 Å². The van der Waals surface area contributed by atoms with Crippen LogP contribution in [0.15, 0.2) is 42.5 Å². The van der Waals surface area contributed by atoms with Crippen molar-refractivity contribution in [3.63, 3.8) is 0 Å². The van der Waals surface area contributed by atoms with Crippen LogP contribution in [-0.2, 0) is 4.79 Å². The van der Waals surface area contributed by atoms with E-state index in [-0.39, 0.29) is 17.0 Å². The number of anilines is 1. The molecule has 4 rings (SSSR count). The smallest absolute Gasteiger partial charge is 0.279 e. The van der Waals surface area contributed by atoms with Crippen molar-refractivity contribution in [3.05, 3.63) is 58.3 Å². The fourth-order valence-corrected chi connectivity index (χ4v) is 4.99. The van der Waals surface area contributed by atoms with Crippen LogP contribution in [0.5, 0.6) is 0 Å². The first-order valence-corrected chi connectivity index (χ1v) is 10.2. The quantitative estimate of drug-likeness (QED) is 0.694.